The number of thiophene rings is 1. The molecule has 0 aliphatic rings. The zero-order valence-corrected chi connectivity index (χ0v) is 25.3. The van der Waals surface area contributed by atoms with Crippen molar-refractivity contribution >= 4 is 96.0 Å². The summed E-state index contributed by atoms with van der Waals surface area (Å²) in [6.07, 6.45) is -0.771. The highest BCUT2D eigenvalue weighted by atomic mass is 79.9. The SMILES string of the molecule is O=C(O)[C@H](Cc1ccccc1)Oc1c(Br)cc(-c2c3ccccc3c(Br)c3sc4ccccc4c23)cc1Br. The van der Waals surface area contributed by atoms with E-state index in [1.807, 2.05) is 42.5 Å². The number of halogens is 3. The second-order valence-electron chi connectivity index (χ2n) is 8.94. The summed E-state index contributed by atoms with van der Waals surface area (Å²) in [5, 5.41) is 14.6. The van der Waals surface area contributed by atoms with E-state index in [2.05, 4.69) is 96.3 Å². The number of benzene rings is 5. The molecule has 0 saturated heterocycles. The fourth-order valence-corrected chi connectivity index (χ4v) is 8.18. The fraction of sp³-hybridized carbons (Fsp3) is 0.0645. The maximum absolute atomic E-state index is 12.1. The Hall–Kier alpha value is -2.71. The predicted molar refractivity (Wildman–Crippen MR) is 168 cm³/mol. The molecule has 7 heteroatoms. The van der Waals surface area contributed by atoms with Crippen LogP contribution in [0, 0.1) is 0 Å². The maximum Gasteiger partial charge on any atom is 0.345 e. The molecule has 1 aromatic heterocycles. The van der Waals surface area contributed by atoms with E-state index in [9.17, 15) is 9.90 Å². The number of carboxylic acid groups (broad SMARTS) is 1. The van der Waals surface area contributed by atoms with Gasteiger partial charge in [-0.1, -0.05) is 72.8 Å². The summed E-state index contributed by atoms with van der Waals surface area (Å²) in [6.45, 7) is 0. The van der Waals surface area contributed by atoms with E-state index in [4.69, 9.17) is 4.74 Å². The maximum atomic E-state index is 12.1. The molecule has 5 aromatic carbocycles. The van der Waals surface area contributed by atoms with Crippen molar-refractivity contribution in [3.63, 3.8) is 0 Å². The second-order valence-corrected chi connectivity index (χ2v) is 12.5. The first-order chi connectivity index (χ1) is 18.4. The van der Waals surface area contributed by atoms with Gasteiger partial charge in [0.05, 0.1) is 13.6 Å². The van der Waals surface area contributed by atoms with Gasteiger partial charge in [-0.05, 0) is 93.5 Å². The fourth-order valence-electron chi connectivity index (χ4n) is 4.86. The van der Waals surface area contributed by atoms with Crippen molar-refractivity contribution in [2.45, 2.75) is 12.5 Å². The van der Waals surface area contributed by atoms with Gasteiger partial charge in [0.2, 0.25) is 0 Å². The molecule has 0 radical (unpaired) electrons. The Morgan fingerprint density at radius 1 is 0.816 bits per heavy atom. The van der Waals surface area contributed by atoms with Gasteiger partial charge in [-0.3, -0.25) is 0 Å². The lowest BCUT2D eigenvalue weighted by atomic mass is 9.93. The van der Waals surface area contributed by atoms with Crippen molar-refractivity contribution in [1.82, 2.24) is 0 Å². The summed E-state index contributed by atoms with van der Waals surface area (Å²) in [7, 11) is 0. The van der Waals surface area contributed by atoms with E-state index >= 15 is 0 Å². The summed E-state index contributed by atoms with van der Waals surface area (Å²) < 4.78 is 11.0. The van der Waals surface area contributed by atoms with E-state index in [-0.39, 0.29) is 6.42 Å². The summed E-state index contributed by atoms with van der Waals surface area (Å²) in [6, 6.07) is 30.4. The van der Waals surface area contributed by atoms with E-state index in [1.165, 1.54) is 20.2 Å². The van der Waals surface area contributed by atoms with Crippen LogP contribution in [0.15, 0.2) is 104 Å². The normalized spacial score (nSPS) is 12.3. The number of hydrogen-bond donors (Lipinski definition) is 1. The molecule has 6 rings (SSSR count). The molecule has 188 valence electrons. The van der Waals surface area contributed by atoms with Gasteiger partial charge in [-0.25, -0.2) is 4.79 Å². The minimum absolute atomic E-state index is 0.260. The number of aliphatic carboxylic acids is 1. The van der Waals surface area contributed by atoms with Crippen LogP contribution in [0.1, 0.15) is 5.56 Å². The Balaban J connectivity index is 1.52. The third-order valence-electron chi connectivity index (χ3n) is 6.56. The molecule has 0 saturated carbocycles. The van der Waals surface area contributed by atoms with Crippen LogP contribution in [0.5, 0.6) is 5.75 Å². The molecule has 0 amide bonds. The number of ether oxygens (including phenoxy) is 1. The average Bonchev–Trinajstić information content (AvgIpc) is 3.30. The zero-order valence-electron chi connectivity index (χ0n) is 19.8. The number of carboxylic acids is 1. The molecule has 0 fully saturated rings. The Bertz CT molecular complexity index is 1820. The Morgan fingerprint density at radius 2 is 1.42 bits per heavy atom. The Labute approximate surface area is 248 Å². The topological polar surface area (TPSA) is 46.5 Å². The first-order valence-electron chi connectivity index (χ1n) is 11.9. The third-order valence-corrected chi connectivity index (χ3v) is 10.0. The Morgan fingerprint density at radius 3 is 2.11 bits per heavy atom. The van der Waals surface area contributed by atoms with Gasteiger partial charge in [-0.2, -0.15) is 0 Å². The molecule has 38 heavy (non-hydrogen) atoms. The van der Waals surface area contributed by atoms with Crippen LogP contribution in [0.2, 0.25) is 0 Å². The first-order valence-corrected chi connectivity index (χ1v) is 15.1. The lowest BCUT2D eigenvalue weighted by Crippen LogP contribution is -2.29. The molecule has 6 aromatic rings. The standard InChI is InChI=1S/C31H19Br3O3S/c32-22-15-18(16-23(33)29(22)37-24(31(35)36)14-17-8-2-1-3-9-17)26-19-10-4-5-11-20(19)28(34)30-27(26)21-12-6-7-13-25(21)38-30/h1-13,15-16,24H,14H2,(H,35,36)/t24-/m0/s1. The van der Waals surface area contributed by atoms with Crippen molar-refractivity contribution in [1.29, 1.82) is 0 Å². The van der Waals surface area contributed by atoms with Gasteiger partial charge < -0.3 is 9.84 Å². The van der Waals surface area contributed by atoms with Crippen LogP contribution in [-0.4, -0.2) is 17.2 Å². The lowest BCUT2D eigenvalue weighted by Gasteiger charge is -2.19. The lowest BCUT2D eigenvalue weighted by molar-refractivity contribution is -0.145. The quantitative estimate of drug-likeness (QED) is 0.187. The van der Waals surface area contributed by atoms with Crippen LogP contribution >= 0.6 is 59.1 Å². The number of hydrogen-bond acceptors (Lipinski definition) is 3. The van der Waals surface area contributed by atoms with Crippen LogP contribution in [-0.2, 0) is 11.2 Å². The third kappa shape index (κ3) is 4.56. The highest BCUT2D eigenvalue weighted by Gasteiger charge is 2.24. The van der Waals surface area contributed by atoms with Crippen LogP contribution in [0.4, 0.5) is 0 Å². The predicted octanol–water partition coefficient (Wildman–Crippen LogP) is 10.2. The van der Waals surface area contributed by atoms with Crippen molar-refractivity contribution in [2.75, 3.05) is 0 Å². The first kappa shape index (κ1) is 25.6. The van der Waals surface area contributed by atoms with E-state index in [1.54, 1.807) is 11.3 Å². The van der Waals surface area contributed by atoms with Gasteiger partial charge in [0.1, 0.15) is 5.75 Å². The van der Waals surface area contributed by atoms with E-state index in [0.717, 1.165) is 31.9 Å². The number of rotatable bonds is 6. The molecule has 0 aliphatic heterocycles. The van der Waals surface area contributed by atoms with Crippen molar-refractivity contribution in [3.8, 4) is 16.9 Å². The molecular formula is C31H19Br3O3S. The molecule has 0 unspecified atom stereocenters. The molecular weight excluding hydrogens is 692 g/mol. The molecule has 1 atom stereocenters. The van der Waals surface area contributed by atoms with Gasteiger partial charge in [0.25, 0.3) is 0 Å². The summed E-state index contributed by atoms with van der Waals surface area (Å²) in [4.78, 5) is 12.1. The van der Waals surface area contributed by atoms with E-state index < -0.39 is 12.1 Å². The molecule has 1 heterocycles. The summed E-state index contributed by atoms with van der Waals surface area (Å²) >= 11 is 13.0. The van der Waals surface area contributed by atoms with Crippen molar-refractivity contribution in [2.24, 2.45) is 0 Å². The number of fused-ring (bicyclic) bond motifs is 4. The molecule has 3 nitrogen and oxygen atoms in total. The highest BCUT2D eigenvalue weighted by molar-refractivity contribution is 9.11. The van der Waals surface area contributed by atoms with Gasteiger partial charge in [0, 0.05) is 26.4 Å². The van der Waals surface area contributed by atoms with E-state index in [0.29, 0.717) is 14.7 Å². The van der Waals surface area contributed by atoms with Gasteiger partial charge in [0.15, 0.2) is 6.10 Å². The molecule has 0 bridgehead atoms. The Kier molecular flexibility index (Phi) is 7.03. The van der Waals surface area contributed by atoms with Gasteiger partial charge in [-0.15, -0.1) is 11.3 Å². The summed E-state index contributed by atoms with van der Waals surface area (Å²) in [5.74, 6) is -0.549. The smallest absolute Gasteiger partial charge is 0.345 e. The van der Waals surface area contributed by atoms with Crippen molar-refractivity contribution in [3.05, 3.63) is 110 Å². The minimum atomic E-state index is -1.03. The van der Waals surface area contributed by atoms with Crippen LogP contribution in [0.25, 0.3) is 42.1 Å². The highest BCUT2D eigenvalue weighted by Crippen LogP contribution is 2.50. The van der Waals surface area contributed by atoms with Crippen LogP contribution < -0.4 is 4.74 Å². The second kappa shape index (κ2) is 10.5. The van der Waals surface area contributed by atoms with Gasteiger partial charge >= 0.3 is 5.97 Å². The largest absolute Gasteiger partial charge is 0.478 e. The molecule has 0 aliphatic carbocycles. The summed E-state index contributed by atoms with van der Waals surface area (Å²) in [5.41, 5.74) is 3.03. The minimum Gasteiger partial charge on any atom is -0.478 e. The van der Waals surface area contributed by atoms with Crippen LogP contribution in [0.3, 0.4) is 0 Å². The average molecular weight is 711 g/mol. The number of carbonyl (C=O) groups is 1. The molecule has 0 spiro atoms. The zero-order chi connectivity index (χ0) is 26.4. The molecule has 1 N–H and O–H groups in total. The van der Waals surface area contributed by atoms with Crippen molar-refractivity contribution < 1.29 is 14.6 Å². The monoisotopic (exact) mass is 708 g/mol.